The van der Waals surface area contributed by atoms with Crippen LogP contribution in [0.25, 0.3) is 0 Å². The molecule has 2 aliphatic rings. The average molecular weight is 480 g/mol. The molecular weight excluding hydrogens is 447 g/mol. The van der Waals surface area contributed by atoms with E-state index in [9.17, 15) is 0 Å². The number of allylic oxidation sites excluding steroid dienone is 8. The Balaban J connectivity index is 2.26. The molecule has 0 atom stereocenters. The van der Waals surface area contributed by atoms with Gasteiger partial charge in [0.05, 0.1) is 0 Å². The van der Waals surface area contributed by atoms with Crippen LogP contribution in [-0.2, 0) is 20.6 Å². The van der Waals surface area contributed by atoms with Gasteiger partial charge in [-0.2, -0.15) is 0 Å². The number of unbranched alkanes of at least 4 members (excludes halogenated alkanes) is 2. The summed E-state index contributed by atoms with van der Waals surface area (Å²) < 4.78 is 4.01. The number of hydrogen-bond donors (Lipinski definition) is 0. The Bertz CT molecular complexity index is 452. The molecule has 0 saturated heterocycles. The van der Waals surface area contributed by atoms with E-state index in [1.54, 1.807) is 11.1 Å². The second-order valence-electron chi connectivity index (χ2n) is 7.00. The van der Waals surface area contributed by atoms with Crippen LogP contribution in [0.15, 0.2) is 42.1 Å². The second-order valence-corrected chi connectivity index (χ2v) is 33.8. The fourth-order valence-corrected chi connectivity index (χ4v) is 32.8. The van der Waals surface area contributed by atoms with E-state index in [2.05, 4.69) is 51.2 Å². The molecule has 0 amide bonds. The Morgan fingerprint density at radius 1 is 0.864 bits per heavy atom. The zero-order valence-electron chi connectivity index (χ0n) is 15.0. The van der Waals surface area contributed by atoms with Crippen LogP contribution in [0.2, 0.25) is 13.1 Å². The van der Waals surface area contributed by atoms with E-state index in [4.69, 9.17) is 0 Å². The zero-order chi connectivity index (χ0) is 15.9. The predicted molar refractivity (Wildman–Crippen MR) is 99.5 cm³/mol. The van der Waals surface area contributed by atoms with Gasteiger partial charge in [-0.15, -0.1) is 0 Å². The number of rotatable bonds is 9. The zero-order valence-corrected chi connectivity index (χ0v) is 19.8. The summed E-state index contributed by atoms with van der Waals surface area (Å²) >= 11 is -1.72. The van der Waals surface area contributed by atoms with Crippen molar-refractivity contribution in [1.82, 2.24) is 0 Å². The summed E-state index contributed by atoms with van der Waals surface area (Å²) in [5.74, 6) is -0.519. The van der Waals surface area contributed by atoms with Crippen LogP contribution in [0.3, 0.4) is 0 Å². The van der Waals surface area contributed by atoms with Gasteiger partial charge in [0, 0.05) is 0 Å². The normalized spacial score (nSPS) is 17.5. The van der Waals surface area contributed by atoms with Gasteiger partial charge in [-0.3, -0.25) is 0 Å². The summed E-state index contributed by atoms with van der Waals surface area (Å²) in [6.07, 6.45) is 20.7. The molecule has 22 heavy (non-hydrogen) atoms. The first-order valence-corrected chi connectivity index (χ1v) is 22.0. The molecule has 0 N–H and O–H groups in total. The van der Waals surface area contributed by atoms with Gasteiger partial charge in [-0.1, -0.05) is 0 Å². The Morgan fingerprint density at radius 3 is 1.68 bits per heavy atom. The Labute approximate surface area is 146 Å². The van der Waals surface area contributed by atoms with Gasteiger partial charge < -0.3 is 0 Å². The summed E-state index contributed by atoms with van der Waals surface area (Å²) in [6.45, 7) is 9.94. The van der Waals surface area contributed by atoms with Gasteiger partial charge >= 0.3 is 147 Å². The molecule has 0 saturated carbocycles. The Hall–Kier alpha value is 0.0470. The van der Waals surface area contributed by atoms with Crippen molar-refractivity contribution in [2.24, 2.45) is 0 Å². The summed E-state index contributed by atoms with van der Waals surface area (Å²) in [5.41, 5.74) is 3.55. The first-order valence-electron chi connectivity index (χ1n) is 9.33. The standard InChI is InChI=1S/2C9H13.C2H7Si.Hf/c2*1-2-3-6-9-7-4-5-8-9;1-3-2;/h2*4,7H,2-3,5-6H2,1H3;3H,1-2H3;. The minimum absolute atomic E-state index is 0.519. The molecule has 0 bridgehead atoms. The summed E-state index contributed by atoms with van der Waals surface area (Å²) in [4.78, 5) is 0. The van der Waals surface area contributed by atoms with Crippen molar-refractivity contribution in [2.75, 3.05) is 0 Å². The van der Waals surface area contributed by atoms with E-state index in [1.807, 2.05) is 6.66 Å². The molecule has 0 radical (unpaired) electrons. The molecule has 0 unspecified atom stereocenters. The van der Waals surface area contributed by atoms with Crippen molar-refractivity contribution in [3.05, 3.63) is 42.1 Å². The van der Waals surface area contributed by atoms with Crippen LogP contribution in [0, 0.1) is 0 Å². The van der Waals surface area contributed by atoms with E-state index in [1.165, 1.54) is 51.4 Å². The topological polar surface area (TPSA) is 0 Å². The van der Waals surface area contributed by atoms with Crippen LogP contribution >= 0.6 is 0 Å². The molecule has 0 aliphatic heterocycles. The second kappa shape index (κ2) is 9.37. The Kier molecular flexibility index (Phi) is 7.83. The van der Waals surface area contributed by atoms with E-state index in [0.29, 0.717) is 0 Å². The third kappa shape index (κ3) is 4.53. The van der Waals surface area contributed by atoms with E-state index < -0.39 is 26.6 Å². The van der Waals surface area contributed by atoms with Crippen molar-refractivity contribution in [3.63, 3.8) is 0 Å². The maximum atomic E-state index is 2.65. The summed E-state index contributed by atoms with van der Waals surface area (Å²) in [6, 6.07) is 0. The third-order valence-electron chi connectivity index (χ3n) is 4.88. The molecule has 0 heterocycles. The minimum atomic E-state index is -1.72. The molecule has 121 valence electrons. The molecule has 2 rings (SSSR count). The van der Waals surface area contributed by atoms with Gasteiger partial charge in [0.15, 0.2) is 0 Å². The number of hydrogen-bond acceptors (Lipinski definition) is 0. The third-order valence-corrected chi connectivity index (χ3v) is 32.6. The van der Waals surface area contributed by atoms with E-state index in [0.717, 1.165) is 0 Å². The molecule has 0 spiro atoms. The van der Waals surface area contributed by atoms with E-state index in [-0.39, 0.29) is 0 Å². The molecule has 0 nitrogen and oxygen atoms in total. The molecule has 0 aromatic heterocycles. The summed E-state index contributed by atoms with van der Waals surface area (Å²) in [5, 5.41) is 0. The van der Waals surface area contributed by atoms with E-state index >= 15 is 0 Å². The van der Waals surface area contributed by atoms with Crippen LogP contribution in [0.5, 0.6) is 0 Å². The fraction of sp³-hybridized carbons (Fsp3) is 0.600. The molecule has 0 fully saturated rings. The summed E-state index contributed by atoms with van der Waals surface area (Å²) in [7, 11) is 0. The van der Waals surface area contributed by atoms with Crippen molar-refractivity contribution in [3.8, 4) is 0 Å². The molecule has 0 aromatic rings. The first kappa shape index (κ1) is 18.4. The molecule has 0 aromatic carbocycles. The van der Waals surface area contributed by atoms with Crippen LogP contribution in [0.4, 0.5) is 0 Å². The van der Waals surface area contributed by atoms with Crippen molar-refractivity contribution < 1.29 is 20.6 Å². The molecule has 2 heteroatoms. The monoisotopic (exact) mass is 481 g/mol. The molecule has 2 aliphatic carbocycles. The van der Waals surface area contributed by atoms with Crippen LogP contribution in [-0.4, -0.2) is 5.98 Å². The average Bonchev–Trinajstić information content (AvgIpc) is 3.13. The molecular formula is C20H33HfSi. The van der Waals surface area contributed by atoms with Gasteiger partial charge in [0.25, 0.3) is 0 Å². The van der Waals surface area contributed by atoms with Gasteiger partial charge in [-0.25, -0.2) is 0 Å². The van der Waals surface area contributed by atoms with Crippen LogP contribution in [0.1, 0.15) is 65.2 Å². The SMILES string of the molecule is CCCCC1=[C]([Hf]([C]2=C(CCCC)C=CC2)[SiH](C)C)CC=C1. The first-order chi connectivity index (χ1) is 10.7. The van der Waals surface area contributed by atoms with Gasteiger partial charge in [0.1, 0.15) is 0 Å². The quantitative estimate of drug-likeness (QED) is 0.336. The van der Waals surface area contributed by atoms with Crippen molar-refractivity contribution in [2.45, 2.75) is 78.3 Å². The maximum absolute atomic E-state index is 2.65. The predicted octanol–water partition coefficient (Wildman–Crippen LogP) is 6.40. The fourth-order valence-electron chi connectivity index (χ4n) is 3.75. The van der Waals surface area contributed by atoms with Gasteiger partial charge in [-0.05, 0) is 0 Å². The van der Waals surface area contributed by atoms with Crippen LogP contribution < -0.4 is 0 Å². The van der Waals surface area contributed by atoms with Crippen molar-refractivity contribution >= 4 is 5.98 Å². The Morgan fingerprint density at radius 2 is 1.32 bits per heavy atom. The van der Waals surface area contributed by atoms with Gasteiger partial charge in [0.2, 0.25) is 0 Å². The van der Waals surface area contributed by atoms with Crippen molar-refractivity contribution in [1.29, 1.82) is 0 Å².